The highest BCUT2D eigenvalue weighted by molar-refractivity contribution is 5.94. The van der Waals surface area contributed by atoms with Gasteiger partial charge in [0.2, 0.25) is 5.95 Å². The van der Waals surface area contributed by atoms with Crippen molar-refractivity contribution in [3.8, 4) is 11.5 Å². The molecule has 26 heavy (non-hydrogen) atoms. The number of rotatable bonds is 2. The molecule has 0 fully saturated rings. The van der Waals surface area contributed by atoms with Gasteiger partial charge in [0.25, 0.3) is 0 Å². The Hall–Kier alpha value is -3.48. The Morgan fingerprint density at radius 1 is 1.27 bits per heavy atom. The molecule has 0 spiro atoms. The molecule has 0 saturated carbocycles. The van der Waals surface area contributed by atoms with E-state index >= 15 is 0 Å². The van der Waals surface area contributed by atoms with Crippen molar-refractivity contribution < 1.29 is 9.47 Å². The molecule has 0 amide bonds. The van der Waals surface area contributed by atoms with Crippen LogP contribution in [0.2, 0.25) is 0 Å². The van der Waals surface area contributed by atoms with E-state index in [1.54, 1.807) is 7.11 Å². The second kappa shape index (κ2) is 5.52. The molecule has 2 aliphatic rings. The monoisotopic (exact) mass is 347 g/mol. The highest BCUT2D eigenvalue weighted by atomic mass is 16.5. The van der Waals surface area contributed by atoms with Gasteiger partial charge < -0.3 is 15.2 Å². The number of guanidine groups is 1. The summed E-state index contributed by atoms with van der Waals surface area (Å²) in [5.41, 5.74) is 9.90. The van der Waals surface area contributed by atoms with Crippen molar-refractivity contribution in [1.82, 2.24) is 9.55 Å². The van der Waals surface area contributed by atoms with Crippen LogP contribution < -0.4 is 20.5 Å². The van der Waals surface area contributed by atoms with E-state index in [0.29, 0.717) is 18.5 Å². The van der Waals surface area contributed by atoms with Crippen LogP contribution in [-0.4, -0.2) is 29.2 Å². The average Bonchev–Trinajstić information content (AvgIpc) is 3.04. The number of imidazole rings is 1. The van der Waals surface area contributed by atoms with Gasteiger partial charge in [-0.2, -0.15) is 0 Å². The topological polar surface area (TPSA) is 86.7 Å². The van der Waals surface area contributed by atoms with Crippen LogP contribution in [0.3, 0.4) is 0 Å². The molecule has 3 aromatic rings. The molecule has 0 unspecified atom stereocenters. The van der Waals surface area contributed by atoms with Crippen LogP contribution in [0.4, 0.5) is 5.95 Å². The maximum absolute atomic E-state index is 6.00. The van der Waals surface area contributed by atoms with Crippen LogP contribution in [0.25, 0.3) is 17.1 Å². The first-order valence-corrected chi connectivity index (χ1v) is 8.31. The van der Waals surface area contributed by atoms with E-state index in [0.717, 1.165) is 33.7 Å². The van der Waals surface area contributed by atoms with Gasteiger partial charge in [-0.3, -0.25) is 9.88 Å². The Morgan fingerprint density at radius 2 is 2.15 bits per heavy atom. The number of hydrogen-bond donors (Lipinski definition) is 2. The third-order valence-electron chi connectivity index (χ3n) is 4.63. The number of nitrogens with two attached hydrogens (primary N) is 1. The summed E-state index contributed by atoms with van der Waals surface area (Å²) in [4.78, 5) is 9.23. The number of para-hydroxylation sites is 2. The normalized spacial score (nSPS) is 18.1. The Balaban J connectivity index is 1.64. The number of aliphatic imine (C=N–C) groups is 1. The summed E-state index contributed by atoms with van der Waals surface area (Å²) in [6, 6.07) is 13.7. The van der Waals surface area contributed by atoms with Gasteiger partial charge in [-0.05, 0) is 30.3 Å². The van der Waals surface area contributed by atoms with Crippen LogP contribution in [-0.2, 0) is 0 Å². The van der Waals surface area contributed by atoms with Crippen molar-refractivity contribution in [3.63, 3.8) is 0 Å². The minimum absolute atomic E-state index is 0.297. The van der Waals surface area contributed by atoms with Gasteiger partial charge in [0, 0.05) is 17.2 Å². The van der Waals surface area contributed by atoms with E-state index in [4.69, 9.17) is 15.2 Å². The number of hydrogen-bond acceptors (Lipinski definition) is 6. The van der Waals surface area contributed by atoms with Crippen molar-refractivity contribution in [1.29, 1.82) is 0 Å². The third-order valence-corrected chi connectivity index (χ3v) is 4.63. The first-order chi connectivity index (χ1) is 12.7. The largest absolute Gasteiger partial charge is 0.497 e. The summed E-state index contributed by atoms with van der Waals surface area (Å²) < 4.78 is 13.3. The van der Waals surface area contributed by atoms with Gasteiger partial charge in [0.05, 0.1) is 18.1 Å². The molecule has 3 heterocycles. The molecule has 0 radical (unpaired) electrons. The minimum atomic E-state index is -0.297. The first-order valence-electron chi connectivity index (χ1n) is 8.31. The lowest BCUT2D eigenvalue weighted by atomic mass is 10.0. The number of ether oxygens (including phenoxy) is 2. The van der Waals surface area contributed by atoms with Gasteiger partial charge >= 0.3 is 0 Å². The molecule has 7 heteroatoms. The lowest BCUT2D eigenvalue weighted by molar-refractivity contribution is 0.327. The molecule has 1 atom stereocenters. The SMILES string of the molecule is COc1ccc2c(c1)OCC([C@@H]1N=C(N)Nc3nc4ccccc4n31)=C2. The minimum Gasteiger partial charge on any atom is -0.497 e. The van der Waals surface area contributed by atoms with Crippen molar-refractivity contribution in [2.24, 2.45) is 10.7 Å². The second-order valence-corrected chi connectivity index (χ2v) is 6.22. The Bertz CT molecular complexity index is 1080. The van der Waals surface area contributed by atoms with E-state index in [1.165, 1.54) is 0 Å². The molecular weight excluding hydrogens is 330 g/mol. The summed E-state index contributed by atoms with van der Waals surface area (Å²) in [7, 11) is 1.64. The fourth-order valence-electron chi connectivity index (χ4n) is 3.40. The van der Waals surface area contributed by atoms with Gasteiger partial charge in [-0.15, -0.1) is 0 Å². The van der Waals surface area contributed by atoms with Crippen molar-refractivity contribution in [3.05, 3.63) is 53.6 Å². The van der Waals surface area contributed by atoms with Crippen LogP contribution in [0.5, 0.6) is 11.5 Å². The molecular formula is C19H17N5O2. The highest BCUT2D eigenvalue weighted by Gasteiger charge is 2.28. The fourth-order valence-corrected chi connectivity index (χ4v) is 3.40. The summed E-state index contributed by atoms with van der Waals surface area (Å²) in [6.45, 7) is 0.424. The smallest absolute Gasteiger partial charge is 0.212 e. The third kappa shape index (κ3) is 2.21. The standard InChI is InChI=1S/C19H17N5O2/c1-25-13-7-6-11-8-12(10-26-16(11)9-13)17-22-18(20)23-19-21-14-4-2-3-5-15(14)24(17)19/h2-9,17H,10H2,1H3,(H3,20,21,22,23)/t17-/m1/s1. The zero-order valence-corrected chi connectivity index (χ0v) is 14.1. The average molecular weight is 347 g/mol. The molecule has 2 aliphatic heterocycles. The Morgan fingerprint density at radius 3 is 3.04 bits per heavy atom. The fraction of sp³-hybridized carbons (Fsp3) is 0.158. The van der Waals surface area contributed by atoms with Crippen molar-refractivity contribution >= 4 is 29.0 Å². The second-order valence-electron chi connectivity index (χ2n) is 6.22. The molecule has 2 aromatic carbocycles. The molecule has 130 valence electrons. The molecule has 3 N–H and O–H groups in total. The van der Waals surface area contributed by atoms with E-state index in [1.807, 2.05) is 42.5 Å². The number of methoxy groups -OCH3 is 1. The number of anilines is 1. The number of aromatic nitrogens is 2. The van der Waals surface area contributed by atoms with Gasteiger partial charge in [0.15, 0.2) is 12.1 Å². The first kappa shape index (κ1) is 14.8. The molecule has 0 bridgehead atoms. The van der Waals surface area contributed by atoms with Gasteiger partial charge in [-0.25, -0.2) is 9.98 Å². The quantitative estimate of drug-likeness (QED) is 0.744. The van der Waals surface area contributed by atoms with Crippen LogP contribution in [0.15, 0.2) is 53.0 Å². The van der Waals surface area contributed by atoms with Crippen molar-refractivity contribution in [2.75, 3.05) is 19.0 Å². The van der Waals surface area contributed by atoms with E-state index in [9.17, 15) is 0 Å². The summed E-state index contributed by atoms with van der Waals surface area (Å²) in [5.74, 6) is 2.60. The van der Waals surface area contributed by atoms with E-state index in [-0.39, 0.29) is 6.17 Å². The lowest BCUT2D eigenvalue weighted by Gasteiger charge is -2.28. The number of nitrogens with one attached hydrogen (secondary N) is 1. The summed E-state index contributed by atoms with van der Waals surface area (Å²) in [6.07, 6.45) is 1.80. The zero-order chi connectivity index (χ0) is 17.7. The van der Waals surface area contributed by atoms with E-state index < -0.39 is 0 Å². The van der Waals surface area contributed by atoms with Crippen molar-refractivity contribution in [2.45, 2.75) is 6.17 Å². The molecule has 5 rings (SSSR count). The van der Waals surface area contributed by atoms with Crippen LogP contribution >= 0.6 is 0 Å². The Labute approximate surface area is 149 Å². The highest BCUT2D eigenvalue weighted by Crippen LogP contribution is 2.37. The number of benzene rings is 2. The number of nitrogens with zero attached hydrogens (tertiary/aromatic N) is 3. The van der Waals surface area contributed by atoms with Crippen LogP contribution in [0.1, 0.15) is 11.7 Å². The van der Waals surface area contributed by atoms with Crippen LogP contribution in [0, 0.1) is 0 Å². The van der Waals surface area contributed by atoms with Gasteiger partial charge in [0.1, 0.15) is 18.1 Å². The predicted octanol–water partition coefficient (Wildman–Crippen LogP) is 2.76. The summed E-state index contributed by atoms with van der Waals surface area (Å²) >= 11 is 0. The summed E-state index contributed by atoms with van der Waals surface area (Å²) in [5, 5.41) is 3.05. The predicted molar refractivity (Wildman–Crippen MR) is 100 cm³/mol. The maximum atomic E-state index is 6.00. The lowest BCUT2D eigenvalue weighted by Crippen LogP contribution is -2.32. The van der Waals surface area contributed by atoms with Gasteiger partial charge in [-0.1, -0.05) is 12.1 Å². The molecule has 0 saturated heterocycles. The number of fused-ring (bicyclic) bond motifs is 4. The Kier molecular flexibility index (Phi) is 3.15. The molecule has 7 nitrogen and oxygen atoms in total. The van der Waals surface area contributed by atoms with E-state index in [2.05, 4.69) is 25.9 Å². The molecule has 0 aliphatic carbocycles. The maximum Gasteiger partial charge on any atom is 0.212 e. The zero-order valence-electron chi connectivity index (χ0n) is 14.1. The molecule has 1 aromatic heterocycles.